The van der Waals surface area contributed by atoms with Crippen LogP contribution in [-0.2, 0) is 0 Å². The molecule has 0 aromatic carbocycles. The summed E-state index contributed by atoms with van der Waals surface area (Å²) in [7, 11) is 0. The zero-order valence-electron chi connectivity index (χ0n) is 12.4. The van der Waals surface area contributed by atoms with Crippen LogP contribution in [0.5, 0.6) is 0 Å². The molecule has 1 heterocycles. The van der Waals surface area contributed by atoms with Crippen LogP contribution in [-0.4, -0.2) is 29.1 Å². The van der Waals surface area contributed by atoms with Gasteiger partial charge in [0.25, 0.3) is 0 Å². The number of nitrogens with one attached hydrogen (secondary N) is 1. The van der Waals surface area contributed by atoms with Gasteiger partial charge in [-0.05, 0) is 37.7 Å². The van der Waals surface area contributed by atoms with Crippen LogP contribution < -0.4 is 10.2 Å². The molecule has 2 rings (SSSR count). The highest BCUT2D eigenvalue weighted by Gasteiger charge is 2.29. The van der Waals surface area contributed by atoms with E-state index >= 15 is 0 Å². The lowest BCUT2D eigenvalue weighted by atomic mass is 10.1. The van der Waals surface area contributed by atoms with E-state index in [1.165, 1.54) is 19.3 Å². The zero-order valence-corrected chi connectivity index (χ0v) is 12.4. The maximum Gasteiger partial charge on any atom is 0.224 e. The highest BCUT2D eigenvalue weighted by atomic mass is 15.3. The van der Waals surface area contributed by atoms with Crippen molar-refractivity contribution in [2.24, 2.45) is 5.92 Å². The Balaban J connectivity index is 2.03. The lowest BCUT2D eigenvalue weighted by Crippen LogP contribution is -2.28. The second-order valence-corrected chi connectivity index (χ2v) is 5.77. The molecule has 0 spiro atoms. The van der Waals surface area contributed by atoms with E-state index in [0.29, 0.717) is 6.04 Å². The molecule has 0 radical (unpaired) electrons. The Morgan fingerprint density at radius 3 is 2.84 bits per heavy atom. The van der Waals surface area contributed by atoms with E-state index < -0.39 is 0 Å². The summed E-state index contributed by atoms with van der Waals surface area (Å²) in [5.74, 6) is 2.58. The standard InChI is InChI=1S/C15H26N4/c1-4-9-16-15-17-10-7-14(18-15)19(13-5-6-13)11-8-12(2)3/h7,10,12-13H,4-6,8-9,11H2,1-3H3,(H,16,17,18). The predicted octanol–water partition coefficient (Wildman–Crippen LogP) is 3.31. The molecule has 0 aliphatic heterocycles. The minimum atomic E-state index is 0.702. The SMILES string of the molecule is CCCNc1nccc(N(CCC(C)C)C2CC2)n1. The number of aromatic nitrogens is 2. The summed E-state index contributed by atoms with van der Waals surface area (Å²) >= 11 is 0. The highest BCUT2D eigenvalue weighted by Crippen LogP contribution is 2.31. The molecule has 0 saturated heterocycles. The highest BCUT2D eigenvalue weighted by molar-refractivity contribution is 5.44. The third kappa shape index (κ3) is 4.37. The van der Waals surface area contributed by atoms with Crippen molar-refractivity contribution in [1.82, 2.24) is 9.97 Å². The molecule has 0 atom stereocenters. The van der Waals surface area contributed by atoms with E-state index in [9.17, 15) is 0 Å². The third-order valence-electron chi connectivity index (χ3n) is 3.40. The van der Waals surface area contributed by atoms with Crippen LogP contribution in [0.1, 0.15) is 46.5 Å². The van der Waals surface area contributed by atoms with Crippen molar-refractivity contribution < 1.29 is 0 Å². The average Bonchev–Trinajstić information content (AvgIpc) is 3.21. The number of hydrogen-bond acceptors (Lipinski definition) is 4. The minimum absolute atomic E-state index is 0.702. The minimum Gasteiger partial charge on any atom is -0.354 e. The monoisotopic (exact) mass is 262 g/mol. The van der Waals surface area contributed by atoms with Crippen molar-refractivity contribution in [3.63, 3.8) is 0 Å². The second-order valence-electron chi connectivity index (χ2n) is 5.77. The van der Waals surface area contributed by atoms with Gasteiger partial charge in [-0.25, -0.2) is 4.98 Å². The smallest absolute Gasteiger partial charge is 0.224 e. The summed E-state index contributed by atoms with van der Waals surface area (Å²) in [6.45, 7) is 8.74. The summed E-state index contributed by atoms with van der Waals surface area (Å²) in [6.07, 6.45) is 6.79. The first-order chi connectivity index (χ1) is 9.20. The molecule has 4 nitrogen and oxygen atoms in total. The van der Waals surface area contributed by atoms with E-state index in [1.54, 1.807) is 0 Å². The molecule has 1 fully saturated rings. The second kappa shape index (κ2) is 6.73. The molecule has 1 saturated carbocycles. The van der Waals surface area contributed by atoms with Gasteiger partial charge in [-0.2, -0.15) is 4.98 Å². The Morgan fingerprint density at radius 2 is 2.21 bits per heavy atom. The van der Waals surface area contributed by atoms with Gasteiger partial charge < -0.3 is 10.2 Å². The quantitative estimate of drug-likeness (QED) is 0.780. The van der Waals surface area contributed by atoms with Gasteiger partial charge >= 0.3 is 0 Å². The number of rotatable bonds is 8. The number of hydrogen-bond donors (Lipinski definition) is 1. The zero-order chi connectivity index (χ0) is 13.7. The van der Waals surface area contributed by atoms with Gasteiger partial charge in [0.15, 0.2) is 0 Å². The Labute approximate surface area is 116 Å². The van der Waals surface area contributed by atoms with Gasteiger partial charge in [0.05, 0.1) is 0 Å². The summed E-state index contributed by atoms with van der Waals surface area (Å²) in [4.78, 5) is 11.4. The van der Waals surface area contributed by atoms with Crippen molar-refractivity contribution in [2.45, 2.75) is 52.5 Å². The van der Waals surface area contributed by atoms with Crippen molar-refractivity contribution in [2.75, 3.05) is 23.3 Å². The van der Waals surface area contributed by atoms with E-state index in [0.717, 1.165) is 37.2 Å². The van der Waals surface area contributed by atoms with Crippen LogP contribution in [0.4, 0.5) is 11.8 Å². The van der Waals surface area contributed by atoms with Crippen LogP contribution in [0.25, 0.3) is 0 Å². The summed E-state index contributed by atoms with van der Waals surface area (Å²) in [6, 6.07) is 2.74. The van der Waals surface area contributed by atoms with Gasteiger partial charge in [0, 0.05) is 25.3 Å². The Bertz CT molecular complexity index is 387. The Morgan fingerprint density at radius 1 is 1.42 bits per heavy atom. The van der Waals surface area contributed by atoms with Gasteiger partial charge in [0.2, 0.25) is 5.95 Å². The first kappa shape index (κ1) is 14.1. The van der Waals surface area contributed by atoms with Crippen molar-refractivity contribution in [3.8, 4) is 0 Å². The molecule has 0 bridgehead atoms. The predicted molar refractivity (Wildman–Crippen MR) is 80.6 cm³/mol. The van der Waals surface area contributed by atoms with E-state index in [1.807, 2.05) is 12.3 Å². The van der Waals surface area contributed by atoms with Gasteiger partial charge in [-0.1, -0.05) is 20.8 Å². The van der Waals surface area contributed by atoms with E-state index in [-0.39, 0.29) is 0 Å². The normalized spacial score (nSPS) is 14.7. The molecule has 1 N–H and O–H groups in total. The van der Waals surface area contributed by atoms with E-state index in [2.05, 4.69) is 41.0 Å². The molecule has 1 aromatic heterocycles. The lowest BCUT2D eigenvalue weighted by Gasteiger charge is -2.24. The summed E-state index contributed by atoms with van der Waals surface area (Å²) in [5.41, 5.74) is 0. The third-order valence-corrected chi connectivity index (χ3v) is 3.40. The van der Waals surface area contributed by atoms with Crippen LogP contribution in [0, 0.1) is 5.92 Å². The fraction of sp³-hybridized carbons (Fsp3) is 0.733. The maximum atomic E-state index is 4.65. The first-order valence-electron chi connectivity index (χ1n) is 7.54. The molecule has 106 valence electrons. The first-order valence-corrected chi connectivity index (χ1v) is 7.54. The lowest BCUT2D eigenvalue weighted by molar-refractivity contribution is 0.568. The van der Waals surface area contributed by atoms with Crippen molar-refractivity contribution in [3.05, 3.63) is 12.3 Å². The van der Waals surface area contributed by atoms with Crippen LogP contribution in [0.15, 0.2) is 12.3 Å². The summed E-state index contributed by atoms with van der Waals surface area (Å²) in [5, 5.41) is 3.26. The van der Waals surface area contributed by atoms with Gasteiger partial charge in [-0.15, -0.1) is 0 Å². The fourth-order valence-electron chi connectivity index (χ4n) is 2.10. The van der Waals surface area contributed by atoms with Crippen LogP contribution in [0.3, 0.4) is 0 Å². The van der Waals surface area contributed by atoms with Crippen molar-refractivity contribution >= 4 is 11.8 Å². The maximum absolute atomic E-state index is 4.65. The molecule has 1 aliphatic carbocycles. The summed E-state index contributed by atoms with van der Waals surface area (Å²) < 4.78 is 0. The number of anilines is 2. The van der Waals surface area contributed by atoms with Crippen LogP contribution in [0.2, 0.25) is 0 Å². The molecular weight excluding hydrogens is 236 g/mol. The average molecular weight is 262 g/mol. The van der Waals surface area contributed by atoms with Crippen LogP contribution >= 0.6 is 0 Å². The Hall–Kier alpha value is -1.32. The molecule has 0 amide bonds. The molecule has 1 aliphatic rings. The molecule has 4 heteroatoms. The fourth-order valence-corrected chi connectivity index (χ4v) is 2.10. The topological polar surface area (TPSA) is 41.1 Å². The Kier molecular flexibility index (Phi) is 5.00. The molecule has 1 aromatic rings. The van der Waals surface area contributed by atoms with Crippen molar-refractivity contribution in [1.29, 1.82) is 0 Å². The van der Waals surface area contributed by atoms with E-state index in [4.69, 9.17) is 0 Å². The van der Waals surface area contributed by atoms with Gasteiger partial charge in [0.1, 0.15) is 5.82 Å². The molecular formula is C15H26N4. The largest absolute Gasteiger partial charge is 0.354 e. The number of nitrogens with zero attached hydrogens (tertiary/aromatic N) is 3. The van der Waals surface area contributed by atoms with Gasteiger partial charge in [-0.3, -0.25) is 0 Å². The molecule has 0 unspecified atom stereocenters. The molecule has 19 heavy (non-hydrogen) atoms.